The number of rotatable bonds is 4. The van der Waals surface area contributed by atoms with Crippen LogP contribution in [0.15, 0.2) is 36.5 Å². The number of ether oxygens (including phenoxy) is 4. The Morgan fingerprint density at radius 3 is 2.75 bits per heavy atom. The van der Waals surface area contributed by atoms with Crippen molar-refractivity contribution in [3.05, 3.63) is 42.1 Å². The number of pyridine rings is 1. The van der Waals surface area contributed by atoms with Crippen molar-refractivity contribution in [2.24, 2.45) is 0 Å². The zero-order valence-electron chi connectivity index (χ0n) is 15.3. The second-order valence-corrected chi connectivity index (χ2v) is 7.39. The maximum Gasteiger partial charge on any atom is 0.231 e. The lowest BCUT2D eigenvalue weighted by molar-refractivity contribution is -0.686. The average molecular weight is 509 g/mol. The lowest BCUT2D eigenvalue weighted by Crippen LogP contribution is -3.00. The molecule has 0 saturated carbocycles. The predicted octanol–water partition coefficient (Wildman–Crippen LogP) is 0.865. The Bertz CT molecular complexity index is 1050. The van der Waals surface area contributed by atoms with E-state index < -0.39 is 0 Å². The highest BCUT2D eigenvalue weighted by atomic mass is 79.9. The van der Waals surface area contributed by atoms with Crippen LogP contribution in [-0.4, -0.2) is 25.8 Å². The first-order valence-electron chi connectivity index (χ1n) is 8.94. The van der Waals surface area contributed by atoms with Crippen LogP contribution in [0.25, 0.3) is 22.0 Å². The van der Waals surface area contributed by atoms with Crippen LogP contribution in [0.1, 0.15) is 5.56 Å². The van der Waals surface area contributed by atoms with E-state index in [9.17, 15) is 0 Å². The summed E-state index contributed by atoms with van der Waals surface area (Å²) in [7, 11) is 1.67. The summed E-state index contributed by atoms with van der Waals surface area (Å²) < 4.78 is 24.9. The summed E-state index contributed by atoms with van der Waals surface area (Å²) in [6.07, 6.45) is 3.13. The summed E-state index contributed by atoms with van der Waals surface area (Å²) in [6.45, 7) is 1.79. The van der Waals surface area contributed by atoms with Crippen LogP contribution in [0.5, 0.6) is 23.0 Å². The van der Waals surface area contributed by atoms with Crippen LogP contribution < -0.4 is 40.5 Å². The third-order valence-electron chi connectivity index (χ3n) is 5.12. The van der Waals surface area contributed by atoms with Gasteiger partial charge in [-0.15, -0.1) is 0 Å². The minimum Gasteiger partial charge on any atom is -1.00 e. The standard InChI is InChI=1S/C21H19BrNO4.BrH/c1-24-18-3-2-13-8-17-15-10-20-19(26-12-27-20)9-14(15)4-6-23(17)11-16(13)21(18)25-7-5-22;/h2-3,8-11H,4-7,12H2,1H3;1H/q+1;/p-1. The average Bonchev–Trinajstić information content (AvgIpc) is 3.16. The highest BCUT2D eigenvalue weighted by Gasteiger charge is 2.28. The van der Waals surface area contributed by atoms with Gasteiger partial charge in [0, 0.05) is 17.8 Å². The highest BCUT2D eigenvalue weighted by molar-refractivity contribution is 9.09. The van der Waals surface area contributed by atoms with Gasteiger partial charge in [0.25, 0.3) is 0 Å². The first kappa shape index (κ1) is 19.3. The Morgan fingerprint density at radius 2 is 1.96 bits per heavy atom. The van der Waals surface area contributed by atoms with Crippen LogP contribution in [-0.2, 0) is 13.0 Å². The summed E-state index contributed by atoms with van der Waals surface area (Å²) in [4.78, 5) is 0. The second-order valence-electron chi connectivity index (χ2n) is 6.60. The van der Waals surface area contributed by atoms with Gasteiger partial charge in [-0.25, -0.2) is 0 Å². The molecule has 3 aromatic rings. The minimum atomic E-state index is 0. The molecule has 1 aromatic heterocycles. The van der Waals surface area contributed by atoms with Gasteiger partial charge in [0.1, 0.15) is 0 Å². The molecule has 2 aliphatic rings. The van der Waals surface area contributed by atoms with Gasteiger partial charge in [0.2, 0.25) is 12.5 Å². The number of benzene rings is 2. The number of aryl methyl sites for hydroxylation is 2. The van der Waals surface area contributed by atoms with Crippen molar-refractivity contribution < 1.29 is 40.5 Å². The molecule has 0 unspecified atom stereocenters. The van der Waals surface area contributed by atoms with Crippen molar-refractivity contribution in [1.29, 1.82) is 0 Å². The molecule has 5 rings (SSSR count). The third-order valence-corrected chi connectivity index (χ3v) is 5.44. The number of nitrogens with zero attached hydrogens (tertiary/aromatic N) is 1. The summed E-state index contributed by atoms with van der Waals surface area (Å²) in [5, 5.41) is 2.95. The van der Waals surface area contributed by atoms with Crippen molar-refractivity contribution in [2.75, 3.05) is 25.8 Å². The van der Waals surface area contributed by atoms with Crippen molar-refractivity contribution in [2.45, 2.75) is 13.0 Å². The molecule has 0 spiro atoms. The molecule has 2 aliphatic heterocycles. The number of fused-ring (bicyclic) bond motifs is 5. The third kappa shape index (κ3) is 3.10. The number of alkyl halides is 1. The summed E-state index contributed by atoms with van der Waals surface area (Å²) in [6, 6.07) is 10.5. The molecule has 7 heteroatoms. The SMILES string of the molecule is COc1ccc2cc3[n+](cc2c1OCCBr)CCc1cc2c(cc1-3)OCO2.[Br-]. The smallest absolute Gasteiger partial charge is 0.231 e. The van der Waals surface area contributed by atoms with Gasteiger partial charge < -0.3 is 35.9 Å². The summed E-state index contributed by atoms with van der Waals surface area (Å²) in [5.74, 6) is 3.21. The molecule has 0 N–H and O–H groups in total. The first-order chi connectivity index (χ1) is 13.3. The fraction of sp³-hybridized carbons (Fsp3) is 0.286. The Labute approximate surface area is 182 Å². The number of hydrogen-bond donors (Lipinski definition) is 0. The molecular formula is C21H19Br2NO4. The van der Waals surface area contributed by atoms with Crippen molar-refractivity contribution in [1.82, 2.24) is 0 Å². The monoisotopic (exact) mass is 507 g/mol. The fourth-order valence-corrected chi connectivity index (χ4v) is 4.01. The van der Waals surface area contributed by atoms with E-state index in [0.717, 1.165) is 52.1 Å². The Balaban J connectivity index is 0.00000192. The molecule has 0 saturated heterocycles. The largest absolute Gasteiger partial charge is 1.00 e. The second kappa shape index (κ2) is 7.79. The van der Waals surface area contributed by atoms with E-state index in [1.54, 1.807) is 7.11 Å². The van der Waals surface area contributed by atoms with Gasteiger partial charge in [0.05, 0.1) is 24.7 Å². The lowest BCUT2D eigenvalue weighted by atomic mass is 9.95. The number of halogens is 2. The molecule has 0 aliphatic carbocycles. The van der Waals surface area contributed by atoms with Crippen LogP contribution in [0, 0.1) is 0 Å². The number of methoxy groups -OCH3 is 1. The van der Waals surface area contributed by atoms with Crippen LogP contribution in [0.3, 0.4) is 0 Å². The Kier molecular flexibility index (Phi) is 5.38. The first-order valence-corrected chi connectivity index (χ1v) is 10.1. The zero-order valence-corrected chi connectivity index (χ0v) is 18.5. The van der Waals surface area contributed by atoms with E-state index in [1.165, 1.54) is 16.8 Å². The molecule has 0 bridgehead atoms. The Hall–Kier alpha value is -1.99. The summed E-state index contributed by atoms with van der Waals surface area (Å²) >= 11 is 3.43. The van der Waals surface area contributed by atoms with Crippen LogP contribution in [0.2, 0.25) is 0 Å². The predicted molar refractivity (Wildman–Crippen MR) is 105 cm³/mol. The maximum absolute atomic E-state index is 5.99. The van der Waals surface area contributed by atoms with Crippen molar-refractivity contribution in [3.8, 4) is 34.3 Å². The number of aromatic nitrogens is 1. The van der Waals surface area contributed by atoms with Crippen molar-refractivity contribution >= 4 is 26.7 Å². The van der Waals surface area contributed by atoms with Crippen molar-refractivity contribution in [3.63, 3.8) is 0 Å². The van der Waals surface area contributed by atoms with E-state index in [2.05, 4.69) is 51.0 Å². The topological polar surface area (TPSA) is 40.8 Å². The molecule has 0 fully saturated rings. The molecular weight excluding hydrogens is 490 g/mol. The molecule has 146 valence electrons. The maximum atomic E-state index is 5.99. The molecule has 0 radical (unpaired) electrons. The van der Waals surface area contributed by atoms with E-state index in [-0.39, 0.29) is 17.0 Å². The lowest BCUT2D eigenvalue weighted by Gasteiger charge is -2.17. The van der Waals surface area contributed by atoms with Gasteiger partial charge >= 0.3 is 0 Å². The van der Waals surface area contributed by atoms with E-state index in [4.69, 9.17) is 18.9 Å². The van der Waals surface area contributed by atoms with Crippen LogP contribution >= 0.6 is 15.9 Å². The van der Waals surface area contributed by atoms with Crippen LogP contribution in [0.4, 0.5) is 0 Å². The molecule has 0 atom stereocenters. The van der Waals surface area contributed by atoms with Gasteiger partial charge in [-0.1, -0.05) is 15.9 Å². The van der Waals surface area contributed by atoms with Gasteiger partial charge in [-0.2, -0.15) is 4.57 Å². The van der Waals surface area contributed by atoms with E-state index in [1.807, 2.05) is 6.07 Å². The number of hydrogen-bond acceptors (Lipinski definition) is 4. The van der Waals surface area contributed by atoms with Gasteiger partial charge in [0.15, 0.2) is 35.7 Å². The molecule has 2 aromatic carbocycles. The quantitative estimate of drug-likeness (QED) is 0.387. The Morgan fingerprint density at radius 1 is 1.14 bits per heavy atom. The fourth-order valence-electron chi connectivity index (χ4n) is 3.85. The molecule has 28 heavy (non-hydrogen) atoms. The summed E-state index contributed by atoms with van der Waals surface area (Å²) in [5.41, 5.74) is 3.67. The normalized spacial score (nSPS) is 13.5. The zero-order chi connectivity index (χ0) is 18.4. The van der Waals surface area contributed by atoms with Gasteiger partial charge in [-0.3, -0.25) is 0 Å². The van der Waals surface area contributed by atoms with E-state index >= 15 is 0 Å². The highest BCUT2D eigenvalue weighted by Crippen LogP contribution is 2.41. The molecule has 3 heterocycles. The molecule has 0 amide bonds. The molecule has 5 nitrogen and oxygen atoms in total. The van der Waals surface area contributed by atoms with E-state index in [0.29, 0.717) is 13.4 Å². The minimum absolute atomic E-state index is 0. The van der Waals surface area contributed by atoms with Gasteiger partial charge in [-0.05, 0) is 35.2 Å².